The summed E-state index contributed by atoms with van der Waals surface area (Å²) >= 11 is 0. The second-order valence-corrected chi connectivity index (χ2v) is 12.6. The Morgan fingerprint density at radius 1 is 0.380 bits per heavy atom. The number of unbranched alkanes of at least 4 members (excludes halogenated alkanes) is 14. The molecule has 0 aromatic heterocycles. The molecule has 50 heavy (non-hydrogen) atoms. The van der Waals surface area contributed by atoms with Gasteiger partial charge in [0.25, 0.3) is 0 Å². The smallest absolute Gasteiger partial charge is 0.347 e. The van der Waals surface area contributed by atoms with Crippen molar-refractivity contribution < 1.29 is 67.1 Å². The standard InChI is InChI=1S/C36H60O14/c1-8-9-10-11-12-13-14-15-16-17-18-19-20-21-22-23-30(37)45-25(3)32(40)47-27(5)34(42)49-29(7)36(44)50-28(6)35(43)48-26(4)33(41)46-24(2)31(38)39/h24-29H,8-23H2,1-7H3,(H,38,39)/t24-,25-,26-,27-,28-,29-/m0/s1. The quantitative estimate of drug-likeness (QED) is 0.0569. The van der Waals surface area contributed by atoms with Crippen LogP contribution in [0.15, 0.2) is 0 Å². The monoisotopic (exact) mass is 716 g/mol. The number of hydrogen-bond donors (Lipinski definition) is 1. The number of carbonyl (C=O) groups is 7. The van der Waals surface area contributed by atoms with Gasteiger partial charge in [-0.2, -0.15) is 0 Å². The molecule has 0 amide bonds. The molecule has 0 heterocycles. The number of rotatable bonds is 28. The summed E-state index contributed by atoms with van der Waals surface area (Å²) < 4.78 is 29.5. The van der Waals surface area contributed by atoms with Crippen LogP contribution in [0.5, 0.6) is 0 Å². The van der Waals surface area contributed by atoms with Crippen LogP contribution < -0.4 is 0 Å². The molecular weight excluding hydrogens is 656 g/mol. The van der Waals surface area contributed by atoms with Crippen molar-refractivity contribution in [1.29, 1.82) is 0 Å². The molecule has 1 N–H and O–H groups in total. The molecule has 0 spiro atoms. The van der Waals surface area contributed by atoms with Crippen LogP contribution in [-0.4, -0.2) is 83.5 Å². The van der Waals surface area contributed by atoms with Gasteiger partial charge in [-0.1, -0.05) is 96.8 Å². The fourth-order valence-electron chi connectivity index (χ4n) is 4.54. The molecule has 288 valence electrons. The van der Waals surface area contributed by atoms with Crippen LogP contribution in [0.3, 0.4) is 0 Å². The van der Waals surface area contributed by atoms with E-state index in [4.69, 9.17) is 28.8 Å². The normalized spacial score (nSPS) is 14.5. The summed E-state index contributed by atoms with van der Waals surface area (Å²) in [6, 6.07) is 0. The van der Waals surface area contributed by atoms with Gasteiger partial charge in [-0.05, 0) is 48.0 Å². The van der Waals surface area contributed by atoms with E-state index in [0.29, 0.717) is 6.42 Å². The highest BCUT2D eigenvalue weighted by Gasteiger charge is 2.32. The van der Waals surface area contributed by atoms with Crippen LogP contribution in [-0.2, 0) is 62.0 Å². The van der Waals surface area contributed by atoms with E-state index in [1.165, 1.54) is 84.5 Å². The summed E-state index contributed by atoms with van der Waals surface area (Å²) in [4.78, 5) is 84.1. The van der Waals surface area contributed by atoms with E-state index >= 15 is 0 Å². The van der Waals surface area contributed by atoms with Crippen LogP contribution in [0.25, 0.3) is 0 Å². The Balaban J connectivity index is 4.24. The molecule has 0 unspecified atom stereocenters. The predicted octanol–water partition coefficient (Wildman–Crippen LogP) is 5.92. The third-order valence-corrected chi connectivity index (χ3v) is 7.76. The van der Waals surface area contributed by atoms with Gasteiger partial charge in [0, 0.05) is 6.42 Å². The Labute approximate surface area is 296 Å². The third kappa shape index (κ3) is 22.1. The fourth-order valence-corrected chi connectivity index (χ4v) is 4.54. The number of aliphatic carboxylic acids is 1. The molecule has 0 rings (SSSR count). The van der Waals surface area contributed by atoms with Crippen molar-refractivity contribution in [3.63, 3.8) is 0 Å². The number of ether oxygens (including phenoxy) is 6. The molecule has 0 aromatic rings. The number of carboxylic acid groups (broad SMARTS) is 1. The maximum absolute atomic E-state index is 12.4. The molecule has 14 nitrogen and oxygen atoms in total. The molecule has 0 aromatic carbocycles. The van der Waals surface area contributed by atoms with Crippen molar-refractivity contribution in [3.05, 3.63) is 0 Å². The van der Waals surface area contributed by atoms with Gasteiger partial charge in [-0.3, -0.25) is 4.79 Å². The Morgan fingerprint density at radius 3 is 0.900 bits per heavy atom. The molecule has 14 heteroatoms. The first-order valence-electron chi connectivity index (χ1n) is 18.0. The summed E-state index contributed by atoms with van der Waals surface area (Å²) in [5.74, 6) is -7.43. The summed E-state index contributed by atoms with van der Waals surface area (Å²) in [6.45, 7) is 9.30. The minimum Gasteiger partial charge on any atom is -0.479 e. The van der Waals surface area contributed by atoms with Crippen LogP contribution in [0, 0.1) is 0 Å². The van der Waals surface area contributed by atoms with Crippen LogP contribution >= 0.6 is 0 Å². The third-order valence-electron chi connectivity index (χ3n) is 7.76. The van der Waals surface area contributed by atoms with E-state index in [-0.39, 0.29) is 6.42 Å². The summed E-state index contributed by atoms with van der Waals surface area (Å²) in [7, 11) is 0. The number of carbonyl (C=O) groups excluding carboxylic acids is 6. The van der Waals surface area contributed by atoms with E-state index in [2.05, 4.69) is 11.7 Å². The van der Waals surface area contributed by atoms with Crippen molar-refractivity contribution in [2.75, 3.05) is 0 Å². The van der Waals surface area contributed by atoms with Gasteiger partial charge in [0.2, 0.25) is 0 Å². The van der Waals surface area contributed by atoms with Crippen LogP contribution in [0.2, 0.25) is 0 Å². The van der Waals surface area contributed by atoms with E-state index in [1.807, 2.05) is 0 Å². The maximum atomic E-state index is 12.4. The highest BCUT2D eigenvalue weighted by atomic mass is 16.6. The van der Waals surface area contributed by atoms with Gasteiger partial charge in [-0.15, -0.1) is 0 Å². The summed E-state index contributed by atoms with van der Waals surface area (Å²) in [6.07, 6.45) is 9.46. The minimum absolute atomic E-state index is 0.159. The fraction of sp³-hybridized carbons (Fsp3) is 0.806. The van der Waals surface area contributed by atoms with E-state index < -0.39 is 78.4 Å². The van der Waals surface area contributed by atoms with Gasteiger partial charge in [0.15, 0.2) is 36.6 Å². The van der Waals surface area contributed by atoms with Gasteiger partial charge in [0.05, 0.1) is 0 Å². The SMILES string of the molecule is CCCCCCCCCCCCCCCCCC(=O)O[C@@H](C)C(=O)O[C@@H](C)C(=O)O[C@@H](C)C(=O)O[C@@H](C)C(=O)O[C@@H](C)C(=O)O[C@@H](C)C(=O)O. The largest absolute Gasteiger partial charge is 0.479 e. The van der Waals surface area contributed by atoms with Gasteiger partial charge >= 0.3 is 41.8 Å². The highest BCUT2D eigenvalue weighted by molar-refractivity contribution is 5.87. The van der Waals surface area contributed by atoms with E-state index in [9.17, 15) is 33.6 Å². The predicted molar refractivity (Wildman–Crippen MR) is 181 cm³/mol. The Hall–Kier alpha value is -3.71. The number of hydrogen-bond acceptors (Lipinski definition) is 13. The topological polar surface area (TPSA) is 195 Å². The van der Waals surface area contributed by atoms with Crippen molar-refractivity contribution >= 4 is 41.8 Å². The number of esters is 6. The minimum atomic E-state index is -1.53. The molecule has 0 saturated carbocycles. The maximum Gasteiger partial charge on any atom is 0.347 e. The zero-order valence-electron chi connectivity index (χ0n) is 31.0. The van der Waals surface area contributed by atoms with Crippen molar-refractivity contribution in [2.24, 2.45) is 0 Å². The Morgan fingerprint density at radius 2 is 0.620 bits per heavy atom. The Bertz CT molecular complexity index is 1060. The average Bonchev–Trinajstić information content (AvgIpc) is 3.05. The second-order valence-electron chi connectivity index (χ2n) is 12.6. The van der Waals surface area contributed by atoms with Gasteiger partial charge in [0.1, 0.15) is 0 Å². The zero-order chi connectivity index (χ0) is 38.1. The molecule has 0 aliphatic carbocycles. The van der Waals surface area contributed by atoms with Crippen molar-refractivity contribution in [1.82, 2.24) is 0 Å². The molecule has 6 atom stereocenters. The molecule has 0 saturated heterocycles. The zero-order valence-corrected chi connectivity index (χ0v) is 31.0. The molecule has 0 fully saturated rings. The van der Waals surface area contributed by atoms with Crippen LogP contribution in [0.4, 0.5) is 0 Å². The number of carboxylic acids is 1. The van der Waals surface area contributed by atoms with E-state index in [1.54, 1.807) is 0 Å². The molecule has 0 radical (unpaired) electrons. The summed E-state index contributed by atoms with van der Waals surface area (Å²) in [5, 5.41) is 8.80. The van der Waals surface area contributed by atoms with Gasteiger partial charge in [-0.25, -0.2) is 28.8 Å². The first kappa shape index (κ1) is 46.3. The second kappa shape index (κ2) is 27.1. The van der Waals surface area contributed by atoms with E-state index in [0.717, 1.165) is 47.0 Å². The highest BCUT2D eigenvalue weighted by Crippen LogP contribution is 2.14. The molecule has 0 bridgehead atoms. The molecule has 0 aliphatic heterocycles. The average molecular weight is 717 g/mol. The van der Waals surface area contributed by atoms with Crippen molar-refractivity contribution in [2.45, 2.75) is 188 Å². The lowest BCUT2D eigenvalue weighted by molar-refractivity contribution is -0.187. The summed E-state index contributed by atoms with van der Waals surface area (Å²) in [5.41, 5.74) is 0. The Kier molecular flexibility index (Phi) is 25.1. The first-order valence-corrected chi connectivity index (χ1v) is 18.0. The van der Waals surface area contributed by atoms with Gasteiger partial charge < -0.3 is 33.5 Å². The first-order chi connectivity index (χ1) is 23.6. The lowest BCUT2D eigenvalue weighted by Crippen LogP contribution is -2.39. The molecular formula is C36H60O14. The molecule has 0 aliphatic rings. The lowest BCUT2D eigenvalue weighted by Gasteiger charge is -2.20. The lowest BCUT2D eigenvalue weighted by atomic mass is 10.0. The van der Waals surface area contributed by atoms with Crippen LogP contribution in [0.1, 0.15) is 151 Å². The van der Waals surface area contributed by atoms with Crippen molar-refractivity contribution in [3.8, 4) is 0 Å².